The van der Waals surface area contributed by atoms with E-state index >= 15 is 0 Å². The summed E-state index contributed by atoms with van der Waals surface area (Å²) >= 11 is 3.35. The zero-order valence-electron chi connectivity index (χ0n) is 7.74. The molecule has 78 valence electrons. The van der Waals surface area contributed by atoms with Crippen molar-refractivity contribution in [1.82, 2.24) is 5.16 Å². The van der Waals surface area contributed by atoms with Gasteiger partial charge in [-0.05, 0) is 18.2 Å². The summed E-state index contributed by atoms with van der Waals surface area (Å²) in [7, 11) is 0. The number of nitrogens with zero attached hydrogens (tertiary/aromatic N) is 1. The number of aliphatic carboxylic acids is 1. The Hall–Kier alpha value is -1.36. The summed E-state index contributed by atoms with van der Waals surface area (Å²) in [5.41, 5.74) is 1.37. The number of rotatable bonds is 3. The zero-order valence-corrected chi connectivity index (χ0v) is 9.32. The molecule has 0 atom stereocenters. The maximum Gasteiger partial charge on any atom is 0.303 e. The minimum absolute atomic E-state index is 0.0636. The predicted molar refractivity (Wildman–Crippen MR) is 57.7 cm³/mol. The van der Waals surface area contributed by atoms with E-state index in [4.69, 9.17) is 9.63 Å². The van der Waals surface area contributed by atoms with Crippen molar-refractivity contribution in [2.45, 2.75) is 12.8 Å². The molecule has 0 bridgehead atoms. The lowest BCUT2D eigenvalue weighted by atomic mass is 10.1. The van der Waals surface area contributed by atoms with Gasteiger partial charge in [-0.3, -0.25) is 4.79 Å². The van der Waals surface area contributed by atoms with Crippen molar-refractivity contribution in [3.8, 4) is 0 Å². The normalized spacial score (nSPS) is 10.7. The highest BCUT2D eigenvalue weighted by molar-refractivity contribution is 9.10. The van der Waals surface area contributed by atoms with E-state index in [0.29, 0.717) is 17.7 Å². The highest BCUT2D eigenvalue weighted by Crippen LogP contribution is 2.23. The lowest BCUT2D eigenvalue weighted by Crippen LogP contribution is -1.97. The van der Waals surface area contributed by atoms with Crippen LogP contribution in [-0.2, 0) is 11.2 Å². The van der Waals surface area contributed by atoms with Gasteiger partial charge in [0.15, 0.2) is 5.58 Å². The SMILES string of the molecule is O=C(O)CCc1noc2ccc(Br)cc12. The first kappa shape index (κ1) is 10.2. The van der Waals surface area contributed by atoms with Crippen LogP contribution in [0.25, 0.3) is 11.0 Å². The molecule has 0 saturated carbocycles. The van der Waals surface area contributed by atoms with Crippen molar-refractivity contribution in [2.75, 3.05) is 0 Å². The lowest BCUT2D eigenvalue weighted by molar-refractivity contribution is -0.136. The van der Waals surface area contributed by atoms with Gasteiger partial charge >= 0.3 is 5.97 Å². The summed E-state index contributed by atoms with van der Waals surface area (Å²) in [5, 5.41) is 13.3. The minimum Gasteiger partial charge on any atom is -0.481 e. The summed E-state index contributed by atoms with van der Waals surface area (Å²) in [4.78, 5) is 10.4. The number of hydrogen-bond donors (Lipinski definition) is 1. The molecule has 0 aliphatic rings. The van der Waals surface area contributed by atoms with Crippen molar-refractivity contribution in [3.05, 3.63) is 28.4 Å². The molecule has 2 rings (SSSR count). The second-order valence-corrected chi connectivity index (χ2v) is 4.08. The first-order chi connectivity index (χ1) is 7.16. The van der Waals surface area contributed by atoms with Gasteiger partial charge in [-0.1, -0.05) is 21.1 Å². The average Bonchev–Trinajstić information content (AvgIpc) is 2.57. The molecule has 0 fully saturated rings. The monoisotopic (exact) mass is 269 g/mol. The standard InChI is InChI=1S/C10H8BrNO3/c11-6-1-3-9-7(5-6)8(12-15-9)2-4-10(13)14/h1,3,5H,2,4H2,(H,13,14). The number of halogens is 1. The summed E-state index contributed by atoms with van der Waals surface area (Å²) in [6.45, 7) is 0. The predicted octanol–water partition coefficient (Wildman–Crippen LogP) is 2.61. The van der Waals surface area contributed by atoms with Gasteiger partial charge in [-0.2, -0.15) is 0 Å². The third-order valence-electron chi connectivity index (χ3n) is 2.08. The molecule has 4 nitrogen and oxygen atoms in total. The van der Waals surface area contributed by atoms with Crippen molar-refractivity contribution in [1.29, 1.82) is 0 Å². The average molecular weight is 270 g/mol. The molecule has 1 N–H and O–H groups in total. The van der Waals surface area contributed by atoms with Gasteiger partial charge in [0, 0.05) is 16.3 Å². The van der Waals surface area contributed by atoms with Crippen LogP contribution in [0.4, 0.5) is 0 Å². The second kappa shape index (κ2) is 4.02. The summed E-state index contributed by atoms with van der Waals surface area (Å²) in [6.07, 6.45) is 0.451. The van der Waals surface area contributed by atoms with Crippen molar-refractivity contribution < 1.29 is 14.4 Å². The Kier molecular flexibility index (Phi) is 2.73. The molecule has 5 heteroatoms. The van der Waals surface area contributed by atoms with Gasteiger partial charge < -0.3 is 9.63 Å². The Balaban J connectivity index is 2.35. The smallest absolute Gasteiger partial charge is 0.303 e. The number of carboxylic acids is 1. The second-order valence-electron chi connectivity index (χ2n) is 3.16. The van der Waals surface area contributed by atoms with Gasteiger partial charge in [0.1, 0.15) is 0 Å². The molecule has 0 saturated heterocycles. The molecule has 1 heterocycles. The van der Waals surface area contributed by atoms with Crippen LogP contribution in [0, 0.1) is 0 Å². The number of benzene rings is 1. The number of hydrogen-bond acceptors (Lipinski definition) is 3. The maximum atomic E-state index is 10.4. The Morgan fingerprint density at radius 2 is 2.33 bits per heavy atom. The summed E-state index contributed by atoms with van der Waals surface area (Å²) in [6, 6.07) is 5.54. The van der Waals surface area contributed by atoms with Gasteiger partial charge in [0.2, 0.25) is 0 Å². The lowest BCUT2D eigenvalue weighted by Gasteiger charge is -1.93. The number of fused-ring (bicyclic) bond motifs is 1. The van der Waals surface area contributed by atoms with Gasteiger partial charge in [-0.15, -0.1) is 0 Å². The quantitative estimate of drug-likeness (QED) is 0.931. The Morgan fingerprint density at radius 3 is 3.07 bits per heavy atom. The maximum absolute atomic E-state index is 10.4. The largest absolute Gasteiger partial charge is 0.481 e. The molecule has 0 unspecified atom stereocenters. The van der Waals surface area contributed by atoms with Crippen molar-refractivity contribution in [3.63, 3.8) is 0 Å². The van der Waals surface area contributed by atoms with E-state index in [9.17, 15) is 4.79 Å². The topological polar surface area (TPSA) is 63.3 Å². The van der Waals surface area contributed by atoms with E-state index < -0.39 is 5.97 Å². The third kappa shape index (κ3) is 2.18. The number of carboxylic acid groups (broad SMARTS) is 1. The fourth-order valence-electron chi connectivity index (χ4n) is 1.37. The van der Waals surface area contributed by atoms with Crippen LogP contribution in [-0.4, -0.2) is 16.2 Å². The fourth-order valence-corrected chi connectivity index (χ4v) is 1.73. The van der Waals surface area contributed by atoms with E-state index in [1.54, 1.807) is 6.07 Å². The minimum atomic E-state index is -0.832. The van der Waals surface area contributed by atoms with Crippen molar-refractivity contribution >= 4 is 32.9 Å². The number of carbonyl (C=O) groups is 1. The molecule has 2 aromatic rings. The van der Waals surface area contributed by atoms with Crippen LogP contribution in [0.15, 0.2) is 27.2 Å². The van der Waals surface area contributed by atoms with Crippen LogP contribution in [0.5, 0.6) is 0 Å². The van der Waals surface area contributed by atoms with Gasteiger partial charge in [-0.25, -0.2) is 0 Å². The molecule has 15 heavy (non-hydrogen) atoms. The highest BCUT2D eigenvalue weighted by atomic mass is 79.9. The van der Waals surface area contributed by atoms with E-state index in [1.807, 2.05) is 12.1 Å². The molecule has 1 aromatic carbocycles. The zero-order chi connectivity index (χ0) is 10.8. The van der Waals surface area contributed by atoms with Crippen molar-refractivity contribution in [2.24, 2.45) is 0 Å². The fraction of sp³-hybridized carbons (Fsp3) is 0.200. The van der Waals surface area contributed by atoms with Crippen LogP contribution < -0.4 is 0 Å². The van der Waals surface area contributed by atoms with E-state index in [0.717, 1.165) is 9.86 Å². The molecule has 0 amide bonds. The Morgan fingerprint density at radius 1 is 1.53 bits per heavy atom. The van der Waals surface area contributed by atoms with E-state index in [1.165, 1.54) is 0 Å². The molecular formula is C10H8BrNO3. The van der Waals surface area contributed by atoms with E-state index in [2.05, 4.69) is 21.1 Å². The molecule has 0 radical (unpaired) electrons. The van der Waals surface area contributed by atoms with Crippen LogP contribution in [0.3, 0.4) is 0 Å². The molecular weight excluding hydrogens is 262 g/mol. The van der Waals surface area contributed by atoms with Crippen LogP contribution in [0.1, 0.15) is 12.1 Å². The first-order valence-electron chi connectivity index (χ1n) is 4.42. The van der Waals surface area contributed by atoms with Gasteiger partial charge in [0.25, 0.3) is 0 Å². The first-order valence-corrected chi connectivity index (χ1v) is 5.22. The number of aromatic nitrogens is 1. The third-order valence-corrected chi connectivity index (χ3v) is 2.58. The van der Waals surface area contributed by atoms with Gasteiger partial charge in [0.05, 0.1) is 12.1 Å². The molecule has 1 aromatic heterocycles. The van der Waals surface area contributed by atoms with Crippen LogP contribution >= 0.6 is 15.9 Å². The number of aryl methyl sites for hydroxylation is 1. The molecule has 0 aliphatic heterocycles. The summed E-state index contributed by atoms with van der Waals surface area (Å²) in [5.74, 6) is -0.832. The Bertz CT molecular complexity index is 506. The summed E-state index contributed by atoms with van der Waals surface area (Å²) < 4.78 is 6.00. The molecule has 0 aliphatic carbocycles. The van der Waals surface area contributed by atoms with Crippen LogP contribution in [0.2, 0.25) is 0 Å². The van der Waals surface area contributed by atoms with E-state index in [-0.39, 0.29) is 6.42 Å². The molecule has 0 spiro atoms. The highest BCUT2D eigenvalue weighted by Gasteiger charge is 2.09. The Labute approximate surface area is 94.0 Å².